The average molecular weight is 379 g/mol. The van der Waals surface area contributed by atoms with Crippen molar-refractivity contribution in [2.45, 2.75) is 13.5 Å². The Balaban J connectivity index is 1.91. The van der Waals surface area contributed by atoms with E-state index in [0.29, 0.717) is 27.2 Å². The Morgan fingerprint density at radius 2 is 2.17 bits per heavy atom. The predicted octanol–water partition coefficient (Wildman–Crippen LogP) is 3.74. The van der Waals surface area contributed by atoms with Crippen LogP contribution in [0, 0.1) is 6.92 Å². The van der Waals surface area contributed by atoms with E-state index in [-0.39, 0.29) is 5.69 Å². The molecule has 0 N–H and O–H groups in total. The van der Waals surface area contributed by atoms with Gasteiger partial charge < -0.3 is 4.57 Å². The number of carbonyl (C=O) groups excluding carboxylic acids is 1. The third kappa shape index (κ3) is 3.90. The summed E-state index contributed by atoms with van der Waals surface area (Å²) in [7, 11) is 0. The number of hydrogen-bond acceptors (Lipinski definition) is 4. The number of carbonyl (C=O) groups is 1. The van der Waals surface area contributed by atoms with Gasteiger partial charge >= 0.3 is 0 Å². The van der Waals surface area contributed by atoms with Gasteiger partial charge in [0.2, 0.25) is 0 Å². The van der Waals surface area contributed by atoms with E-state index < -0.39 is 5.91 Å². The normalized spacial score (nSPS) is 11.7. The topological polar surface area (TPSA) is 60.1 Å². The van der Waals surface area contributed by atoms with Crippen LogP contribution in [-0.2, 0) is 6.54 Å². The summed E-state index contributed by atoms with van der Waals surface area (Å²) in [6, 6.07) is 6.87. The third-order valence-corrected chi connectivity index (χ3v) is 4.59. The first-order valence-corrected chi connectivity index (χ1v) is 8.63. The number of halogens is 2. The number of thiazole rings is 1. The van der Waals surface area contributed by atoms with Gasteiger partial charge in [-0.05, 0) is 30.7 Å². The van der Waals surface area contributed by atoms with Crippen molar-refractivity contribution in [1.29, 1.82) is 0 Å². The van der Waals surface area contributed by atoms with Gasteiger partial charge in [0, 0.05) is 27.8 Å². The lowest BCUT2D eigenvalue weighted by molar-refractivity contribution is 0.0992. The standard InChI is InChI=1S/C16H12Cl2N4OS/c1-10-19-5-4-14(20-10)15(23)21-16-22(6-7-24-16)9-11-2-3-12(17)8-13(11)18/h2-8H,9H2,1H3. The second-order valence-corrected chi connectivity index (χ2v) is 6.67. The quantitative estimate of drug-likeness (QED) is 0.697. The Labute approximate surface area is 152 Å². The number of aryl methyl sites for hydroxylation is 1. The maximum atomic E-state index is 12.3. The summed E-state index contributed by atoms with van der Waals surface area (Å²) in [5, 5.41) is 3.02. The molecule has 1 aromatic carbocycles. The Morgan fingerprint density at radius 3 is 2.92 bits per heavy atom. The first kappa shape index (κ1) is 16.8. The molecule has 0 aliphatic rings. The van der Waals surface area contributed by atoms with E-state index in [1.807, 2.05) is 22.2 Å². The largest absolute Gasteiger partial charge is 0.319 e. The van der Waals surface area contributed by atoms with Crippen LogP contribution in [0.3, 0.4) is 0 Å². The van der Waals surface area contributed by atoms with E-state index in [1.165, 1.54) is 11.3 Å². The zero-order chi connectivity index (χ0) is 17.1. The van der Waals surface area contributed by atoms with E-state index in [0.717, 1.165) is 5.56 Å². The summed E-state index contributed by atoms with van der Waals surface area (Å²) >= 11 is 13.5. The van der Waals surface area contributed by atoms with Crippen LogP contribution >= 0.6 is 34.5 Å². The minimum Gasteiger partial charge on any atom is -0.319 e. The maximum Gasteiger partial charge on any atom is 0.298 e. The van der Waals surface area contributed by atoms with Gasteiger partial charge in [-0.2, -0.15) is 4.99 Å². The van der Waals surface area contributed by atoms with Crippen LogP contribution in [0.15, 0.2) is 47.0 Å². The van der Waals surface area contributed by atoms with E-state index in [2.05, 4.69) is 15.0 Å². The number of rotatable bonds is 3. The minimum atomic E-state index is -0.404. The van der Waals surface area contributed by atoms with Gasteiger partial charge in [-0.25, -0.2) is 9.97 Å². The Hall–Kier alpha value is -2.02. The predicted molar refractivity (Wildman–Crippen MR) is 94.5 cm³/mol. The monoisotopic (exact) mass is 378 g/mol. The van der Waals surface area contributed by atoms with Crippen molar-refractivity contribution in [3.8, 4) is 0 Å². The van der Waals surface area contributed by atoms with Crippen LogP contribution in [-0.4, -0.2) is 20.4 Å². The second kappa shape index (κ2) is 7.25. The summed E-state index contributed by atoms with van der Waals surface area (Å²) in [6.07, 6.45) is 3.40. The molecule has 0 saturated carbocycles. The average Bonchev–Trinajstić information content (AvgIpc) is 2.97. The molecule has 8 heteroatoms. The Morgan fingerprint density at radius 1 is 1.33 bits per heavy atom. The van der Waals surface area contributed by atoms with E-state index >= 15 is 0 Å². The fourth-order valence-electron chi connectivity index (χ4n) is 2.06. The molecule has 0 spiro atoms. The van der Waals surface area contributed by atoms with Crippen molar-refractivity contribution in [2.24, 2.45) is 4.99 Å². The van der Waals surface area contributed by atoms with Gasteiger partial charge in [-0.1, -0.05) is 29.3 Å². The molecule has 0 aliphatic heterocycles. The second-order valence-electron chi connectivity index (χ2n) is 4.96. The van der Waals surface area contributed by atoms with Crippen molar-refractivity contribution in [1.82, 2.24) is 14.5 Å². The minimum absolute atomic E-state index is 0.270. The lowest BCUT2D eigenvalue weighted by Gasteiger charge is -2.06. The molecule has 0 radical (unpaired) electrons. The van der Waals surface area contributed by atoms with E-state index in [4.69, 9.17) is 23.2 Å². The van der Waals surface area contributed by atoms with Crippen LogP contribution in [0.25, 0.3) is 0 Å². The van der Waals surface area contributed by atoms with Crippen molar-refractivity contribution < 1.29 is 4.79 Å². The molecular formula is C16H12Cl2N4OS. The molecule has 0 aliphatic carbocycles. The van der Waals surface area contributed by atoms with Crippen LogP contribution in [0.2, 0.25) is 10.0 Å². The molecular weight excluding hydrogens is 367 g/mol. The molecule has 0 saturated heterocycles. The smallest absolute Gasteiger partial charge is 0.298 e. The highest BCUT2D eigenvalue weighted by molar-refractivity contribution is 7.07. The molecule has 0 fully saturated rings. The first-order valence-electron chi connectivity index (χ1n) is 6.99. The van der Waals surface area contributed by atoms with Gasteiger partial charge in [0.25, 0.3) is 5.91 Å². The van der Waals surface area contributed by atoms with Crippen LogP contribution in [0.1, 0.15) is 21.9 Å². The lowest BCUT2D eigenvalue weighted by Crippen LogP contribution is -2.17. The maximum absolute atomic E-state index is 12.3. The zero-order valence-electron chi connectivity index (χ0n) is 12.6. The van der Waals surface area contributed by atoms with E-state index in [1.54, 1.807) is 31.3 Å². The van der Waals surface area contributed by atoms with Gasteiger partial charge in [-0.3, -0.25) is 4.79 Å². The number of nitrogens with zero attached hydrogens (tertiary/aromatic N) is 4. The summed E-state index contributed by atoms with van der Waals surface area (Å²) < 4.78 is 1.85. The third-order valence-electron chi connectivity index (χ3n) is 3.21. The zero-order valence-corrected chi connectivity index (χ0v) is 14.9. The number of amides is 1. The van der Waals surface area contributed by atoms with Gasteiger partial charge in [0.05, 0.1) is 6.54 Å². The fourth-order valence-corrected chi connectivity index (χ4v) is 3.25. The Kier molecular flexibility index (Phi) is 5.08. The molecule has 24 heavy (non-hydrogen) atoms. The number of aromatic nitrogens is 3. The van der Waals surface area contributed by atoms with Crippen LogP contribution < -0.4 is 4.80 Å². The van der Waals surface area contributed by atoms with Crippen molar-refractivity contribution >= 4 is 40.4 Å². The molecule has 5 nitrogen and oxygen atoms in total. The summed E-state index contributed by atoms with van der Waals surface area (Å²) in [6.45, 7) is 2.22. The molecule has 3 rings (SSSR count). The first-order chi connectivity index (χ1) is 11.5. The lowest BCUT2D eigenvalue weighted by atomic mass is 10.2. The summed E-state index contributed by atoms with van der Waals surface area (Å²) in [5.74, 6) is 0.127. The molecule has 1 amide bonds. The van der Waals surface area contributed by atoms with Gasteiger partial charge in [-0.15, -0.1) is 11.3 Å². The summed E-state index contributed by atoms with van der Waals surface area (Å²) in [5.41, 5.74) is 1.17. The highest BCUT2D eigenvalue weighted by Gasteiger charge is 2.08. The van der Waals surface area contributed by atoms with Crippen LogP contribution in [0.4, 0.5) is 0 Å². The van der Waals surface area contributed by atoms with Crippen molar-refractivity contribution in [3.05, 3.63) is 74.0 Å². The molecule has 2 aromatic heterocycles. The molecule has 2 heterocycles. The van der Waals surface area contributed by atoms with Crippen molar-refractivity contribution in [3.63, 3.8) is 0 Å². The molecule has 0 bridgehead atoms. The molecule has 0 atom stereocenters. The molecule has 3 aromatic rings. The number of benzene rings is 1. The number of hydrogen-bond donors (Lipinski definition) is 0. The summed E-state index contributed by atoms with van der Waals surface area (Å²) in [4.78, 5) is 25.1. The highest BCUT2D eigenvalue weighted by atomic mass is 35.5. The molecule has 122 valence electrons. The fraction of sp³-hybridized carbons (Fsp3) is 0.125. The highest BCUT2D eigenvalue weighted by Crippen LogP contribution is 2.21. The molecule has 0 unspecified atom stereocenters. The van der Waals surface area contributed by atoms with Gasteiger partial charge in [0.15, 0.2) is 4.80 Å². The van der Waals surface area contributed by atoms with Crippen molar-refractivity contribution in [2.75, 3.05) is 0 Å². The SMILES string of the molecule is Cc1nccc(C(=O)N=c2sccn2Cc2ccc(Cl)cc2Cl)n1. The van der Waals surface area contributed by atoms with Crippen LogP contribution in [0.5, 0.6) is 0 Å². The van der Waals surface area contributed by atoms with Gasteiger partial charge in [0.1, 0.15) is 11.5 Å². The van der Waals surface area contributed by atoms with E-state index in [9.17, 15) is 4.79 Å². The Bertz CT molecular complexity index is 964.